The Hall–Kier alpha value is -0.120. The SMILES string of the molecule is CCCC(C)(CNCC(C)C)CN(CC)CCO. The zero-order valence-corrected chi connectivity index (χ0v) is 13.1. The molecule has 0 saturated heterocycles. The summed E-state index contributed by atoms with van der Waals surface area (Å²) in [4.78, 5) is 2.35. The number of aliphatic hydroxyl groups excluding tert-OH is 1. The molecule has 1 atom stereocenters. The van der Waals surface area contributed by atoms with Gasteiger partial charge in [-0.25, -0.2) is 0 Å². The van der Waals surface area contributed by atoms with E-state index >= 15 is 0 Å². The highest BCUT2D eigenvalue weighted by atomic mass is 16.3. The van der Waals surface area contributed by atoms with Crippen LogP contribution in [0.1, 0.15) is 47.5 Å². The molecule has 0 fully saturated rings. The first-order chi connectivity index (χ1) is 8.47. The second-order valence-corrected chi connectivity index (χ2v) is 6.18. The number of nitrogens with zero attached hydrogens (tertiary/aromatic N) is 1. The molecular weight excluding hydrogens is 224 g/mol. The minimum atomic E-state index is 0.259. The van der Waals surface area contributed by atoms with Gasteiger partial charge in [-0.2, -0.15) is 0 Å². The van der Waals surface area contributed by atoms with Gasteiger partial charge in [0.25, 0.3) is 0 Å². The molecule has 18 heavy (non-hydrogen) atoms. The summed E-state index contributed by atoms with van der Waals surface area (Å²) in [6, 6.07) is 0. The van der Waals surface area contributed by atoms with Gasteiger partial charge in [0.05, 0.1) is 6.61 Å². The second kappa shape index (κ2) is 9.76. The van der Waals surface area contributed by atoms with E-state index in [9.17, 15) is 0 Å². The molecule has 0 saturated carbocycles. The predicted octanol–water partition coefficient (Wildman–Crippen LogP) is 2.35. The second-order valence-electron chi connectivity index (χ2n) is 6.18. The van der Waals surface area contributed by atoms with Gasteiger partial charge in [0.1, 0.15) is 0 Å². The molecule has 3 heteroatoms. The maximum absolute atomic E-state index is 9.09. The van der Waals surface area contributed by atoms with E-state index in [1.807, 2.05) is 0 Å². The molecule has 3 nitrogen and oxygen atoms in total. The maximum Gasteiger partial charge on any atom is 0.0558 e. The Morgan fingerprint density at radius 2 is 1.94 bits per heavy atom. The molecule has 0 spiro atoms. The van der Waals surface area contributed by atoms with E-state index in [0.29, 0.717) is 11.3 Å². The maximum atomic E-state index is 9.09. The first-order valence-electron chi connectivity index (χ1n) is 7.51. The summed E-state index contributed by atoms with van der Waals surface area (Å²) in [6.07, 6.45) is 2.45. The minimum Gasteiger partial charge on any atom is -0.395 e. The van der Waals surface area contributed by atoms with Crippen molar-refractivity contribution in [3.8, 4) is 0 Å². The van der Waals surface area contributed by atoms with Gasteiger partial charge in [0.15, 0.2) is 0 Å². The van der Waals surface area contributed by atoms with Crippen molar-refractivity contribution in [1.29, 1.82) is 0 Å². The number of nitrogens with one attached hydrogen (secondary N) is 1. The lowest BCUT2D eigenvalue weighted by molar-refractivity contribution is 0.129. The minimum absolute atomic E-state index is 0.259. The molecule has 0 heterocycles. The summed E-state index contributed by atoms with van der Waals surface area (Å²) in [7, 11) is 0. The van der Waals surface area contributed by atoms with Crippen molar-refractivity contribution in [3.63, 3.8) is 0 Å². The zero-order chi connectivity index (χ0) is 14.0. The van der Waals surface area contributed by atoms with E-state index in [-0.39, 0.29) is 6.61 Å². The highest BCUT2D eigenvalue weighted by Crippen LogP contribution is 2.24. The van der Waals surface area contributed by atoms with E-state index in [1.165, 1.54) is 12.8 Å². The van der Waals surface area contributed by atoms with Crippen molar-refractivity contribution in [2.75, 3.05) is 39.3 Å². The molecule has 0 aromatic carbocycles. The smallest absolute Gasteiger partial charge is 0.0558 e. The van der Waals surface area contributed by atoms with Crippen LogP contribution < -0.4 is 5.32 Å². The van der Waals surface area contributed by atoms with Crippen LogP contribution in [0, 0.1) is 11.3 Å². The highest BCUT2D eigenvalue weighted by molar-refractivity contribution is 4.80. The largest absolute Gasteiger partial charge is 0.395 e. The summed E-state index contributed by atoms with van der Waals surface area (Å²) in [5.41, 5.74) is 0.314. The topological polar surface area (TPSA) is 35.5 Å². The van der Waals surface area contributed by atoms with Crippen molar-refractivity contribution in [2.45, 2.75) is 47.5 Å². The van der Waals surface area contributed by atoms with E-state index in [1.54, 1.807) is 0 Å². The van der Waals surface area contributed by atoms with E-state index in [2.05, 4.69) is 44.8 Å². The summed E-state index contributed by atoms with van der Waals surface area (Å²) in [5, 5.41) is 12.7. The molecule has 0 aliphatic heterocycles. The van der Waals surface area contributed by atoms with E-state index < -0.39 is 0 Å². The van der Waals surface area contributed by atoms with Crippen molar-refractivity contribution < 1.29 is 5.11 Å². The molecule has 0 amide bonds. The zero-order valence-electron chi connectivity index (χ0n) is 13.1. The van der Waals surface area contributed by atoms with Crippen LogP contribution in [0.3, 0.4) is 0 Å². The number of hydrogen-bond donors (Lipinski definition) is 2. The molecule has 0 aliphatic carbocycles. The third-order valence-corrected chi connectivity index (χ3v) is 3.43. The molecule has 110 valence electrons. The monoisotopic (exact) mass is 258 g/mol. The Balaban J connectivity index is 4.29. The Kier molecular flexibility index (Phi) is 9.70. The van der Waals surface area contributed by atoms with Gasteiger partial charge in [0.2, 0.25) is 0 Å². The van der Waals surface area contributed by atoms with E-state index in [0.717, 1.165) is 32.7 Å². The molecule has 0 aromatic heterocycles. The quantitative estimate of drug-likeness (QED) is 0.597. The van der Waals surface area contributed by atoms with Crippen LogP contribution >= 0.6 is 0 Å². The lowest BCUT2D eigenvalue weighted by atomic mass is 9.84. The van der Waals surface area contributed by atoms with Gasteiger partial charge in [-0.15, -0.1) is 0 Å². The van der Waals surface area contributed by atoms with Crippen LogP contribution in [0.4, 0.5) is 0 Å². The van der Waals surface area contributed by atoms with Crippen LogP contribution in [0.15, 0.2) is 0 Å². The average molecular weight is 258 g/mol. The first-order valence-corrected chi connectivity index (χ1v) is 7.51. The van der Waals surface area contributed by atoms with Gasteiger partial charge in [-0.05, 0) is 30.8 Å². The molecule has 0 rings (SSSR count). The standard InChI is InChI=1S/C15H34N2O/c1-6-8-15(5,12-16-11-14(3)4)13-17(7-2)9-10-18/h14,16,18H,6-13H2,1-5H3. The molecule has 0 radical (unpaired) electrons. The predicted molar refractivity (Wildman–Crippen MR) is 79.9 cm³/mol. The van der Waals surface area contributed by atoms with Crippen molar-refractivity contribution in [3.05, 3.63) is 0 Å². The van der Waals surface area contributed by atoms with Crippen LogP contribution in [-0.4, -0.2) is 49.3 Å². The summed E-state index contributed by atoms with van der Waals surface area (Å²) >= 11 is 0. The molecule has 2 N–H and O–H groups in total. The van der Waals surface area contributed by atoms with Gasteiger partial charge in [-0.1, -0.05) is 41.0 Å². The summed E-state index contributed by atoms with van der Waals surface area (Å²) in [6.45, 7) is 16.6. The number of rotatable bonds is 11. The highest BCUT2D eigenvalue weighted by Gasteiger charge is 2.25. The third kappa shape index (κ3) is 8.06. The molecule has 1 unspecified atom stereocenters. The Bertz CT molecular complexity index is 197. The molecule has 0 aromatic rings. The Labute approximate surface area is 114 Å². The third-order valence-electron chi connectivity index (χ3n) is 3.43. The van der Waals surface area contributed by atoms with Gasteiger partial charge >= 0.3 is 0 Å². The number of aliphatic hydroxyl groups is 1. The fraction of sp³-hybridized carbons (Fsp3) is 1.00. The molecular formula is C15H34N2O. The average Bonchev–Trinajstić information content (AvgIpc) is 2.28. The lowest BCUT2D eigenvalue weighted by Crippen LogP contribution is -2.43. The normalized spacial score (nSPS) is 15.3. The van der Waals surface area contributed by atoms with Gasteiger partial charge in [-0.3, -0.25) is 0 Å². The summed E-state index contributed by atoms with van der Waals surface area (Å²) in [5.74, 6) is 0.704. The van der Waals surface area contributed by atoms with Crippen LogP contribution in [0.5, 0.6) is 0 Å². The van der Waals surface area contributed by atoms with Crippen LogP contribution in [0.2, 0.25) is 0 Å². The van der Waals surface area contributed by atoms with Gasteiger partial charge < -0.3 is 15.3 Å². The summed E-state index contributed by atoms with van der Waals surface area (Å²) < 4.78 is 0. The fourth-order valence-electron chi connectivity index (χ4n) is 2.52. The number of hydrogen-bond acceptors (Lipinski definition) is 3. The fourth-order valence-corrected chi connectivity index (χ4v) is 2.52. The molecule has 0 aliphatic rings. The van der Waals surface area contributed by atoms with Crippen molar-refractivity contribution in [1.82, 2.24) is 10.2 Å². The molecule has 0 bridgehead atoms. The Morgan fingerprint density at radius 3 is 2.39 bits per heavy atom. The number of likely N-dealkylation sites (N-methyl/N-ethyl adjacent to an activating group) is 1. The van der Waals surface area contributed by atoms with Crippen molar-refractivity contribution in [2.24, 2.45) is 11.3 Å². The van der Waals surface area contributed by atoms with Crippen molar-refractivity contribution >= 4 is 0 Å². The van der Waals surface area contributed by atoms with E-state index in [4.69, 9.17) is 5.11 Å². The lowest BCUT2D eigenvalue weighted by Gasteiger charge is -2.35. The Morgan fingerprint density at radius 1 is 1.28 bits per heavy atom. The van der Waals surface area contributed by atoms with Crippen LogP contribution in [-0.2, 0) is 0 Å². The first kappa shape index (κ1) is 17.9. The van der Waals surface area contributed by atoms with Gasteiger partial charge in [0, 0.05) is 19.6 Å². The van der Waals surface area contributed by atoms with Crippen LogP contribution in [0.25, 0.3) is 0 Å².